The number of aliphatic hydroxyl groups excluding tert-OH is 1. The predicted octanol–water partition coefficient (Wildman–Crippen LogP) is 0.940. The van der Waals surface area contributed by atoms with Crippen molar-refractivity contribution in [3.05, 3.63) is 35.9 Å². The molecule has 0 aromatic heterocycles. The van der Waals surface area contributed by atoms with Crippen LogP contribution in [0.2, 0.25) is 0 Å². The predicted molar refractivity (Wildman–Crippen MR) is 52.9 cm³/mol. The quantitative estimate of drug-likeness (QED) is 0.731. The van der Waals surface area contributed by atoms with E-state index in [1.165, 1.54) is 0 Å². The average molecular weight is 191 g/mol. The number of amides is 1. The lowest BCUT2D eigenvalue weighted by Crippen LogP contribution is -2.46. The number of rotatable bonds is 2. The maximum absolute atomic E-state index is 11.6. The summed E-state index contributed by atoms with van der Waals surface area (Å²) >= 11 is 0. The van der Waals surface area contributed by atoms with Gasteiger partial charge in [-0.15, -0.1) is 0 Å². The first-order valence-corrected chi connectivity index (χ1v) is 4.79. The monoisotopic (exact) mass is 191 g/mol. The van der Waals surface area contributed by atoms with Gasteiger partial charge in [-0.1, -0.05) is 18.2 Å². The Morgan fingerprint density at radius 1 is 1.29 bits per heavy atom. The van der Waals surface area contributed by atoms with E-state index in [-0.39, 0.29) is 18.1 Å². The first-order chi connectivity index (χ1) is 6.75. The Kier molecular flexibility index (Phi) is 2.50. The van der Waals surface area contributed by atoms with E-state index in [2.05, 4.69) is 5.32 Å². The van der Waals surface area contributed by atoms with Crippen LogP contribution in [0, 0.1) is 0 Å². The molecule has 1 fully saturated rings. The number of hydrogen-bond donors (Lipinski definition) is 2. The Bertz CT molecular complexity index is 317. The molecule has 1 aliphatic rings. The van der Waals surface area contributed by atoms with Gasteiger partial charge in [0.15, 0.2) is 0 Å². The van der Waals surface area contributed by atoms with Gasteiger partial charge in [0.1, 0.15) is 0 Å². The second-order valence-corrected chi connectivity index (χ2v) is 3.66. The third-order valence-electron chi connectivity index (χ3n) is 2.48. The highest BCUT2D eigenvalue weighted by atomic mass is 16.3. The van der Waals surface area contributed by atoms with Gasteiger partial charge in [-0.3, -0.25) is 4.79 Å². The molecule has 2 N–H and O–H groups in total. The van der Waals surface area contributed by atoms with Crippen molar-refractivity contribution in [2.24, 2.45) is 0 Å². The van der Waals surface area contributed by atoms with Crippen LogP contribution in [0.5, 0.6) is 0 Å². The van der Waals surface area contributed by atoms with E-state index in [9.17, 15) is 4.79 Å². The summed E-state index contributed by atoms with van der Waals surface area (Å²) < 4.78 is 0. The molecule has 1 aromatic carbocycles. The summed E-state index contributed by atoms with van der Waals surface area (Å²) in [5.74, 6) is -0.0532. The zero-order valence-corrected chi connectivity index (χ0v) is 7.81. The number of benzene rings is 1. The summed E-state index contributed by atoms with van der Waals surface area (Å²) in [4.78, 5) is 11.6. The fourth-order valence-electron chi connectivity index (χ4n) is 1.56. The number of carbonyl (C=O) groups excluding carboxylic acids is 1. The van der Waals surface area contributed by atoms with Gasteiger partial charge in [-0.2, -0.15) is 0 Å². The smallest absolute Gasteiger partial charge is 0.251 e. The lowest BCUT2D eigenvalue weighted by molar-refractivity contribution is 0.0562. The van der Waals surface area contributed by atoms with Crippen molar-refractivity contribution in [2.75, 3.05) is 0 Å². The lowest BCUT2D eigenvalue weighted by atomic mass is 9.89. The molecule has 0 unspecified atom stereocenters. The number of hydrogen-bond acceptors (Lipinski definition) is 2. The van der Waals surface area contributed by atoms with E-state index in [1.54, 1.807) is 12.1 Å². The van der Waals surface area contributed by atoms with Crippen molar-refractivity contribution in [3.63, 3.8) is 0 Å². The molecule has 0 radical (unpaired) electrons. The lowest BCUT2D eigenvalue weighted by Gasteiger charge is -2.31. The molecule has 3 heteroatoms. The summed E-state index contributed by atoms with van der Waals surface area (Å²) in [5.41, 5.74) is 0.675. The fraction of sp³-hybridized carbons (Fsp3) is 0.364. The summed E-state index contributed by atoms with van der Waals surface area (Å²) in [6.45, 7) is 0. The molecule has 0 spiro atoms. The second kappa shape index (κ2) is 3.80. The van der Waals surface area contributed by atoms with Crippen LogP contribution in [0.15, 0.2) is 30.3 Å². The van der Waals surface area contributed by atoms with E-state index in [4.69, 9.17) is 5.11 Å². The van der Waals surface area contributed by atoms with Crippen molar-refractivity contribution in [1.29, 1.82) is 0 Å². The molecule has 2 rings (SSSR count). The number of carbonyl (C=O) groups is 1. The van der Waals surface area contributed by atoms with Gasteiger partial charge in [-0.25, -0.2) is 0 Å². The van der Waals surface area contributed by atoms with Crippen LogP contribution < -0.4 is 5.32 Å². The molecule has 0 atom stereocenters. The van der Waals surface area contributed by atoms with Crippen LogP contribution in [0.3, 0.4) is 0 Å². The highest BCUT2D eigenvalue weighted by Crippen LogP contribution is 2.19. The first-order valence-electron chi connectivity index (χ1n) is 4.79. The van der Waals surface area contributed by atoms with E-state index >= 15 is 0 Å². The Morgan fingerprint density at radius 2 is 1.93 bits per heavy atom. The van der Waals surface area contributed by atoms with Crippen LogP contribution in [-0.4, -0.2) is 23.2 Å². The minimum Gasteiger partial charge on any atom is -0.393 e. The van der Waals surface area contributed by atoms with E-state index in [0.29, 0.717) is 18.4 Å². The Labute approximate surface area is 82.8 Å². The summed E-state index contributed by atoms with van der Waals surface area (Å²) in [6.07, 6.45) is 1.13. The van der Waals surface area contributed by atoms with Crippen molar-refractivity contribution in [3.8, 4) is 0 Å². The molecule has 1 aliphatic carbocycles. The van der Waals surface area contributed by atoms with Crippen molar-refractivity contribution >= 4 is 5.91 Å². The van der Waals surface area contributed by atoms with Crippen LogP contribution in [0.1, 0.15) is 23.2 Å². The van der Waals surface area contributed by atoms with Crippen molar-refractivity contribution in [1.82, 2.24) is 5.32 Å². The summed E-state index contributed by atoms with van der Waals surface area (Å²) in [6, 6.07) is 9.27. The molecule has 0 aliphatic heterocycles. The van der Waals surface area contributed by atoms with Gasteiger partial charge >= 0.3 is 0 Å². The molecule has 14 heavy (non-hydrogen) atoms. The molecule has 0 saturated heterocycles. The topological polar surface area (TPSA) is 49.3 Å². The standard InChI is InChI=1S/C11H13NO2/c13-10-6-9(7-10)12-11(14)8-4-2-1-3-5-8/h1-5,9-10,13H,6-7H2,(H,12,14). The Morgan fingerprint density at radius 3 is 2.50 bits per heavy atom. The van der Waals surface area contributed by atoms with Crippen LogP contribution >= 0.6 is 0 Å². The van der Waals surface area contributed by atoms with Gasteiger partial charge in [-0.05, 0) is 25.0 Å². The fourth-order valence-corrected chi connectivity index (χ4v) is 1.56. The van der Waals surface area contributed by atoms with E-state index in [0.717, 1.165) is 0 Å². The van der Waals surface area contributed by atoms with Crippen molar-refractivity contribution < 1.29 is 9.90 Å². The minimum absolute atomic E-state index is 0.0532. The van der Waals surface area contributed by atoms with Gasteiger partial charge in [0.05, 0.1) is 6.10 Å². The van der Waals surface area contributed by atoms with E-state index < -0.39 is 0 Å². The molecule has 74 valence electrons. The number of aliphatic hydroxyl groups is 1. The zero-order chi connectivity index (χ0) is 9.97. The van der Waals surface area contributed by atoms with Crippen LogP contribution in [0.4, 0.5) is 0 Å². The van der Waals surface area contributed by atoms with Gasteiger partial charge in [0.25, 0.3) is 5.91 Å². The van der Waals surface area contributed by atoms with Gasteiger partial charge in [0.2, 0.25) is 0 Å². The molecule has 0 heterocycles. The summed E-state index contributed by atoms with van der Waals surface area (Å²) in [5, 5.41) is 11.9. The molecule has 1 saturated carbocycles. The minimum atomic E-state index is -0.226. The highest BCUT2D eigenvalue weighted by molar-refractivity contribution is 5.94. The normalized spacial score (nSPS) is 25.2. The SMILES string of the molecule is O=C(NC1CC(O)C1)c1ccccc1. The average Bonchev–Trinajstić information content (AvgIpc) is 2.17. The molecule has 1 aromatic rings. The van der Waals surface area contributed by atoms with E-state index in [1.807, 2.05) is 18.2 Å². The van der Waals surface area contributed by atoms with Gasteiger partial charge < -0.3 is 10.4 Å². The zero-order valence-electron chi connectivity index (χ0n) is 7.81. The molecule has 0 bridgehead atoms. The Balaban J connectivity index is 1.90. The maximum Gasteiger partial charge on any atom is 0.251 e. The molecular weight excluding hydrogens is 178 g/mol. The van der Waals surface area contributed by atoms with Crippen LogP contribution in [0.25, 0.3) is 0 Å². The Hall–Kier alpha value is -1.35. The largest absolute Gasteiger partial charge is 0.393 e. The summed E-state index contributed by atoms with van der Waals surface area (Å²) in [7, 11) is 0. The third-order valence-corrected chi connectivity index (χ3v) is 2.48. The first kappa shape index (κ1) is 9.21. The maximum atomic E-state index is 11.6. The highest BCUT2D eigenvalue weighted by Gasteiger charge is 2.28. The van der Waals surface area contributed by atoms with Crippen LogP contribution in [-0.2, 0) is 0 Å². The third kappa shape index (κ3) is 1.93. The molecule has 3 nitrogen and oxygen atoms in total. The van der Waals surface area contributed by atoms with Crippen molar-refractivity contribution in [2.45, 2.75) is 25.0 Å². The second-order valence-electron chi connectivity index (χ2n) is 3.66. The van der Waals surface area contributed by atoms with Gasteiger partial charge in [0, 0.05) is 11.6 Å². The molecule has 1 amide bonds. The number of nitrogens with one attached hydrogen (secondary N) is 1. The molecular formula is C11H13NO2.